The highest BCUT2D eigenvalue weighted by molar-refractivity contribution is 7.00. The van der Waals surface area contributed by atoms with Crippen molar-refractivity contribution in [2.45, 2.75) is 52.4 Å². The van der Waals surface area contributed by atoms with E-state index in [-0.39, 0.29) is 10.8 Å². The number of benzene rings is 1. The maximum atomic E-state index is 6.12. The molecule has 0 saturated carbocycles. The zero-order chi connectivity index (χ0) is 19.4. The SMILES string of the molecule is CC(C)(C)c1ccc(-c2ccc(-c3ccc(C(C)(C)C)o3)c3nsnc23)o1. The van der Waals surface area contributed by atoms with Gasteiger partial charge in [-0.15, -0.1) is 0 Å². The van der Waals surface area contributed by atoms with Gasteiger partial charge < -0.3 is 8.83 Å². The van der Waals surface area contributed by atoms with Gasteiger partial charge in [0.05, 0.1) is 11.7 Å². The molecule has 4 aromatic rings. The molecule has 5 heteroatoms. The largest absolute Gasteiger partial charge is 0.460 e. The summed E-state index contributed by atoms with van der Waals surface area (Å²) in [5.74, 6) is 3.55. The number of rotatable bonds is 2. The first-order valence-corrected chi connectivity index (χ1v) is 9.84. The maximum Gasteiger partial charge on any atom is 0.136 e. The molecular formula is C22H24N2O2S. The van der Waals surface area contributed by atoms with E-state index in [0.717, 1.165) is 45.2 Å². The Morgan fingerprint density at radius 3 is 1.37 bits per heavy atom. The van der Waals surface area contributed by atoms with Gasteiger partial charge >= 0.3 is 0 Å². The third-order valence-electron chi connectivity index (χ3n) is 4.64. The number of fused-ring (bicyclic) bond motifs is 1. The highest BCUT2D eigenvalue weighted by Gasteiger charge is 2.23. The molecule has 4 rings (SSSR count). The first-order valence-electron chi connectivity index (χ1n) is 9.11. The minimum atomic E-state index is -0.0326. The average molecular weight is 381 g/mol. The molecule has 0 fully saturated rings. The molecule has 0 unspecified atom stereocenters. The lowest BCUT2D eigenvalue weighted by Gasteiger charge is -2.14. The van der Waals surface area contributed by atoms with Crippen molar-refractivity contribution in [2.75, 3.05) is 0 Å². The van der Waals surface area contributed by atoms with Crippen LogP contribution in [-0.4, -0.2) is 8.75 Å². The van der Waals surface area contributed by atoms with Gasteiger partial charge in [-0.2, -0.15) is 8.75 Å². The van der Waals surface area contributed by atoms with Crippen LogP contribution >= 0.6 is 11.7 Å². The van der Waals surface area contributed by atoms with E-state index in [1.54, 1.807) is 0 Å². The number of hydrogen-bond donors (Lipinski definition) is 0. The summed E-state index contributed by atoms with van der Waals surface area (Å²) >= 11 is 1.21. The van der Waals surface area contributed by atoms with E-state index in [9.17, 15) is 0 Å². The Balaban J connectivity index is 1.82. The van der Waals surface area contributed by atoms with E-state index in [2.05, 4.69) is 50.3 Å². The van der Waals surface area contributed by atoms with Crippen molar-refractivity contribution in [1.82, 2.24) is 8.75 Å². The molecular weight excluding hydrogens is 356 g/mol. The molecule has 0 radical (unpaired) electrons. The zero-order valence-corrected chi connectivity index (χ0v) is 17.4. The molecule has 0 spiro atoms. The van der Waals surface area contributed by atoms with Crippen LogP contribution in [0.15, 0.2) is 45.2 Å². The minimum absolute atomic E-state index is 0.0326. The Labute approximate surface area is 163 Å². The summed E-state index contributed by atoms with van der Waals surface area (Å²) in [6.45, 7) is 12.8. The normalized spacial score (nSPS) is 12.8. The minimum Gasteiger partial charge on any atom is -0.460 e. The Morgan fingerprint density at radius 2 is 1.04 bits per heavy atom. The quantitative estimate of drug-likeness (QED) is 0.383. The Kier molecular flexibility index (Phi) is 4.04. The highest BCUT2D eigenvalue weighted by Crippen LogP contribution is 2.38. The van der Waals surface area contributed by atoms with Crippen molar-refractivity contribution in [1.29, 1.82) is 0 Å². The van der Waals surface area contributed by atoms with E-state index >= 15 is 0 Å². The highest BCUT2D eigenvalue weighted by atomic mass is 32.1. The summed E-state index contributed by atoms with van der Waals surface area (Å²) < 4.78 is 21.3. The van der Waals surface area contributed by atoms with Gasteiger partial charge in [-0.05, 0) is 36.4 Å². The molecule has 0 saturated heterocycles. The maximum absolute atomic E-state index is 6.12. The predicted octanol–water partition coefficient (Wildman–Crippen LogP) is 6.81. The molecule has 0 aliphatic heterocycles. The Morgan fingerprint density at radius 1 is 0.630 bits per heavy atom. The lowest BCUT2D eigenvalue weighted by Crippen LogP contribution is -2.09. The lowest BCUT2D eigenvalue weighted by atomic mass is 9.94. The smallest absolute Gasteiger partial charge is 0.136 e. The van der Waals surface area contributed by atoms with E-state index in [0.29, 0.717) is 0 Å². The van der Waals surface area contributed by atoms with Crippen LogP contribution < -0.4 is 0 Å². The van der Waals surface area contributed by atoms with Gasteiger partial charge in [-0.3, -0.25) is 0 Å². The van der Waals surface area contributed by atoms with Crippen LogP contribution in [0.25, 0.3) is 33.7 Å². The molecule has 3 heterocycles. The fraction of sp³-hybridized carbons (Fsp3) is 0.364. The molecule has 0 amide bonds. The molecule has 3 aromatic heterocycles. The van der Waals surface area contributed by atoms with Crippen molar-refractivity contribution in [2.24, 2.45) is 0 Å². The third-order valence-corrected chi connectivity index (χ3v) is 5.17. The van der Waals surface area contributed by atoms with E-state index < -0.39 is 0 Å². The second-order valence-corrected chi connectivity index (χ2v) is 9.48. The number of nitrogens with zero attached hydrogens (tertiary/aromatic N) is 2. The molecule has 140 valence electrons. The summed E-state index contributed by atoms with van der Waals surface area (Å²) in [6.07, 6.45) is 0. The van der Waals surface area contributed by atoms with Crippen molar-refractivity contribution in [3.63, 3.8) is 0 Å². The summed E-state index contributed by atoms with van der Waals surface area (Å²) in [6, 6.07) is 12.2. The molecule has 27 heavy (non-hydrogen) atoms. The summed E-state index contributed by atoms with van der Waals surface area (Å²) in [5, 5.41) is 0. The molecule has 1 aromatic carbocycles. The van der Waals surface area contributed by atoms with Gasteiger partial charge in [0.15, 0.2) is 0 Å². The van der Waals surface area contributed by atoms with Crippen LogP contribution in [0.4, 0.5) is 0 Å². The summed E-state index contributed by atoms with van der Waals surface area (Å²) in [7, 11) is 0. The van der Waals surface area contributed by atoms with Gasteiger partial charge in [0.1, 0.15) is 34.1 Å². The number of aromatic nitrogens is 2. The third kappa shape index (κ3) is 3.21. The van der Waals surface area contributed by atoms with Crippen molar-refractivity contribution < 1.29 is 8.83 Å². The zero-order valence-electron chi connectivity index (χ0n) is 16.6. The first-order chi connectivity index (χ1) is 12.6. The van der Waals surface area contributed by atoms with E-state index in [1.165, 1.54) is 11.7 Å². The van der Waals surface area contributed by atoms with Gasteiger partial charge in [0, 0.05) is 22.0 Å². The molecule has 0 N–H and O–H groups in total. The Bertz CT molecular complexity index is 1020. The number of furan rings is 2. The van der Waals surface area contributed by atoms with Gasteiger partial charge in [0.2, 0.25) is 0 Å². The summed E-state index contributed by atoms with van der Waals surface area (Å²) in [4.78, 5) is 0. The van der Waals surface area contributed by atoms with Crippen LogP contribution in [0.3, 0.4) is 0 Å². The summed E-state index contributed by atoms with van der Waals surface area (Å²) in [5.41, 5.74) is 3.55. The predicted molar refractivity (Wildman–Crippen MR) is 110 cm³/mol. The lowest BCUT2D eigenvalue weighted by molar-refractivity contribution is 0.416. The Hall–Kier alpha value is -2.40. The van der Waals surface area contributed by atoms with Gasteiger partial charge in [-0.25, -0.2) is 0 Å². The van der Waals surface area contributed by atoms with Crippen LogP contribution in [0, 0.1) is 0 Å². The van der Waals surface area contributed by atoms with Crippen LogP contribution in [0.2, 0.25) is 0 Å². The fourth-order valence-corrected chi connectivity index (χ4v) is 3.61. The van der Waals surface area contributed by atoms with Gasteiger partial charge in [0.25, 0.3) is 0 Å². The first kappa shape index (κ1) is 18.0. The van der Waals surface area contributed by atoms with Crippen LogP contribution in [-0.2, 0) is 10.8 Å². The van der Waals surface area contributed by atoms with Gasteiger partial charge in [-0.1, -0.05) is 41.5 Å². The molecule has 4 nitrogen and oxygen atoms in total. The second kappa shape index (κ2) is 6.06. The number of hydrogen-bond acceptors (Lipinski definition) is 5. The molecule has 0 aliphatic carbocycles. The standard InChI is InChI=1S/C22H24N2O2S/c1-21(2,3)17-11-9-15(25-17)13-7-8-14(20-19(13)23-27-24-20)16-10-12-18(26-16)22(4,5)6/h7-12H,1-6H3. The van der Waals surface area contributed by atoms with Crippen molar-refractivity contribution in [3.05, 3.63) is 47.9 Å². The monoisotopic (exact) mass is 380 g/mol. The van der Waals surface area contributed by atoms with Crippen molar-refractivity contribution in [3.8, 4) is 22.6 Å². The van der Waals surface area contributed by atoms with Crippen LogP contribution in [0.5, 0.6) is 0 Å². The molecule has 0 aliphatic rings. The molecule has 0 atom stereocenters. The average Bonchev–Trinajstić information content (AvgIpc) is 3.31. The van der Waals surface area contributed by atoms with Crippen molar-refractivity contribution >= 4 is 22.8 Å². The molecule has 0 bridgehead atoms. The van der Waals surface area contributed by atoms with Crippen LogP contribution in [0.1, 0.15) is 53.1 Å². The second-order valence-electron chi connectivity index (χ2n) is 8.95. The fourth-order valence-electron chi connectivity index (χ4n) is 3.04. The van der Waals surface area contributed by atoms with E-state index in [1.807, 2.05) is 36.4 Å². The van der Waals surface area contributed by atoms with E-state index in [4.69, 9.17) is 8.83 Å². The topological polar surface area (TPSA) is 52.1 Å².